The van der Waals surface area contributed by atoms with Crippen LogP contribution in [0.25, 0.3) is 0 Å². The molecule has 0 saturated heterocycles. The monoisotopic (exact) mass is 257 g/mol. The van der Waals surface area contributed by atoms with Crippen LogP contribution in [0, 0.1) is 0 Å². The molecule has 1 aliphatic rings. The number of nitrogens with one attached hydrogen (secondary N) is 1. The summed E-state index contributed by atoms with van der Waals surface area (Å²) in [4.78, 5) is 10.7. The molecule has 0 aliphatic carbocycles. The van der Waals surface area contributed by atoms with Gasteiger partial charge >= 0.3 is 5.97 Å². The zero-order valence-electron chi connectivity index (χ0n) is 7.16. The number of hydrogen-bond donors (Lipinski definition) is 2. The molecule has 1 aromatic rings. The quantitative estimate of drug-likeness (QED) is 0.805. The van der Waals surface area contributed by atoms with Crippen molar-refractivity contribution in [1.82, 2.24) is 0 Å². The van der Waals surface area contributed by atoms with Crippen LogP contribution in [0.5, 0.6) is 5.75 Å². The first-order valence-corrected chi connectivity index (χ1v) is 4.88. The number of rotatable bonds is 1. The Hall–Kier alpha value is -1.23. The Morgan fingerprint density at radius 3 is 3.14 bits per heavy atom. The zero-order chi connectivity index (χ0) is 10.1. The van der Waals surface area contributed by atoms with Crippen LogP contribution in [-0.4, -0.2) is 23.7 Å². The predicted octanol–water partition coefficient (Wildman–Crippen LogP) is 1.71. The molecule has 1 unspecified atom stereocenters. The van der Waals surface area contributed by atoms with Crippen LogP contribution in [-0.2, 0) is 4.79 Å². The Kier molecular flexibility index (Phi) is 2.33. The van der Waals surface area contributed by atoms with E-state index in [-0.39, 0.29) is 6.61 Å². The maximum absolute atomic E-state index is 10.7. The third-order valence-corrected chi connectivity index (χ3v) is 2.47. The molecule has 0 aromatic heterocycles. The van der Waals surface area contributed by atoms with Crippen molar-refractivity contribution in [1.29, 1.82) is 0 Å². The maximum Gasteiger partial charge on any atom is 0.329 e. The van der Waals surface area contributed by atoms with E-state index < -0.39 is 12.0 Å². The Bertz CT molecular complexity index is 380. The van der Waals surface area contributed by atoms with E-state index in [9.17, 15) is 4.79 Å². The van der Waals surface area contributed by atoms with Crippen molar-refractivity contribution in [3.05, 3.63) is 22.7 Å². The van der Waals surface area contributed by atoms with Crippen LogP contribution in [0.1, 0.15) is 0 Å². The van der Waals surface area contributed by atoms with Gasteiger partial charge in [-0.15, -0.1) is 0 Å². The molecule has 4 nitrogen and oxygen atoms in total. The number of anilines is 1. The van der Waals surface area contributed by atoms with Crippen LogP contribution in [0.15, 0.2) is 22.7 Å². The van der Waals surface area contributed by atoms with Gasteiger partial charge in [-0.1, -0.05) is 15.9 Å². The minimum absolute atomic E-state index is 0.152. The number of carboxylic acid groups (broad SMARTS) is 1. The highest BCUT2D eigenvalue weighted by atomic mass is 79.9. The number of aliphatic carboxylic acids is 1. The van der Waals surface area contributed by atoms with Gasteiger partial charge in [0.1, 0.15) is 12.4 Å². The summed E-state index contributed by atoms with van der Waals surface area (Å²) in [6.07, 6.45) is 0. The third kappa shape index (κ3) is 1.68. The third-order valence-electron chi connectivity index (χ3n) is 1.98. The topological polar surface area (TPSA) is 58.6 Å². The highest BCUT2D eigenvalue weighted by Gasteiger charge is 2.24. The number of hydrogen-bond acceptors (Lipinski definition) is 3. The first-order valence-electron chi connectivity index (χ1n) is 4.08. The molecular formula is C9H8BrNO3. The summed E-state index contributed by atoms with van der Waals surface area (Å²) in [5.41, 5.74) is 0.715. The van der Waals surface area contributed by atoms with Crippen molar-refractivity contribution in [2.24, 2.45) is 0 Å². The van der Waals surface area contributed by atoms with E-state index >= 15 is 0 Å². The van der Waals surface area contributed by atoms with E-state index in [1.165, 1.54) is 0 Å². The molecule has 1 aromatic carbocycles. The van der Waals surface area contributed by atoms with Gasteiger partial charge in [-0.05, 0) is 18.2 Å². The number of halogens is 1. The number of carbonyl (C=O) groups is 1. The second kappa shape index (κ2) is 3.49. The molecule has 0 fully saturated rings. The lowest BCUT2D eigenvalue weighted by molar-refractivity contribution is -0.138. The zero-order valence-corrected chi connectivity index (χ0v) is 8.74. The summed E-state index contributed by atoms with van der Waals surface area (Å²) in [5.74, 6) is -0.226. The van der Waals surface area contributed by atoms with E-state index in [0.29, 0.717) is 11.4 Å². The molecule has 14 heavy (non-hydrogen) atoms. The summed E-state index contributed by atoms with van der Waals surface area (Å²) in [6, 6.07) is 4.76. The SMILES string of the molecule is O=C(O)C1COc2cc(Br)ccc2N1. The molecule has 0 amide bonds. The minimum Gasteiger partial charge on any atom is -0.489 e. The molecule has 1 heterocycles. The summed E-state index contributed by atoms with van der Waals surface area (Å²) in [6.45, 7) is 0.152. The first-order chi connectivity index (χ1) is 6.66. The normalized spacial score (nSPS) is 19.1. The van der Waals surface area contributed by atoms with Crippen LogP contribution >= 0.6 is 15.9 Å². The molecule has 2 rings (SSSR count). The lowest BCUT2D eigenvalue weighted by Gasteiger charge is -2.24. The largest absolute Gasteiger partial charge is 0.489 e. The van der Waals surface area contributed by atoms with E-state index in [4.69, 9.17) is 9.84 Å². The smallest absolute Gasteiger partial charge is 0.329 e. The summed E-state index contributed by atoms with van der Waals surface area (Å²) >= 11 is 3.31. The standard InChI is InChI=1S/C9H8BrNO3/c10-5-1-2-6-8(3-5)14-4-7(11-6)9(12)13/h1-3,7,11H,4H2,(H,12,13). The Labute approximate surface area is 89.0 Å². The van der Waals surface area contributed by atoms with E-state index in [1.807, 2.05) is 6.07 Å². The Balaban J connectivity index is 2.27. The summed E-state index contributed by atoms with van der Waals surface area (Å²) in [5, 5.41) is 11.6. The van der Waals surface area contributed by atoms with Crippen LogP contribution in [0.2, 0.25) is 0 Å². The van der Waals surface area contributed by atoms with Crippen LogP contribution in [0.4, 0.5) is 5.69 Å². The van der Waals surface area contributed by atoms with Gasteiger partial charge in [0.05, 0.1) is 5.69 Å². The molecule has 0 saturated carbocycles. The summed E-state index contributed by atoms with van der Waals surface area (Å²) < 4.78 is 6.21. The molecule has 2 N–H and O–H groups in total. The highest BCUT2D eigenvalue weighted by Crippen LogP contribution is 2.31. The fourth-order valence-corrected chi connectivity index (χ4v) is 1.61. The van der Waals surface area contributed by atoms with Gasteiger partial charge in [0.15, 0.2) is 6.04 Å². The Morgan fingerprint density at radius 1 is 1.64 bits per heavy atom. The second-order valence-electron chi connectivity index (χ2n) is 2.99. The van der Waals surface area contributed by atoms with Crippen molar-refractivity contribution in [2.75, 3.05) is 11.9 Å². The summed E-state index contributed by atoms with van der Waals surface area (Å²) in [7, 11) is 0. The average molecular weight is 258 g/mol. The molecule has 5 heteroatoms. The van der Waals surface area contributed by atoms with Crippen molar-refractivity contribution in [3.8, 4) is 5.75 Å². The van der Waals surface area contributed by atoms with E-state index in [2.05, 4.69) is 21.2 Å². The number of carboxylic acids is 1. The molecule has 1 aliphatic heterocycles. The van der Waals surface area contributed by atoms with Crippen LogP contribution in [0.3, 0.4) is 0 Å². The predicted molar refractivity (Wildman–Crippen MR) is 54.7 cm³/mol. The van der Waals surface area contributed by atoms with Gasteiger partial charge in [-0.2, -0.15) is 0 Å². The molecule has 0 radical (unpaired) electrons. The average Bonchev–Trinajstić information content (AvgIpc) is 2.16. The molecule has 0 spiro atoms. The molecular weight excluding hydrogens is 250 g/mol. The fraction of sp³-hybridized carbons (Fsp3) is 0.222. The fourth-order valence-electron chi connectivity index (χ4n) is 1.27. The molecule has 74 valence electrons. The van der Waals surface area contributed by atoms with Crippen molar-refractivity contribution in [3.63, 3.8) is 0 Å². The van der Waals surface area contributed by atoms with Gasteiger partial charge in [-0.25, -0.2) is 4.79 Å². The molecule has 0 bridgehead atoms. The van der Waals surface area contributed by atoms with E-state index in [0.717, 1.165) is 4.47 Å². The van der Waals surface area contributed by atoms with Crippen molar-refractivity contribution < 1.29 is 14.6 Å². The first kappa shape index (κ1) is 9.33. The van der Waals surface area contributed by atoms with Crippen molar-refractivity contribution in [2.45, 2.75) is 6.04 Å². The van der Waals surface area contributed by atoms with Gasteiger partial charge < -0.3 is 15.2 Å². The second-order valence-corrected chi connectivity index (χ2v) is 3.90. The van der Waals surface area contributed by atoms with Gasteiger partial charge in [0, 0.05) is 4.47 Å². The number of benzene rings is 1. The maximum atomic E-state index is 10.7. The lowest BCUT2D eigenvalue weighted by Crippen LogP contribution is -2.38. The highest BCUT2D eigenvalue weighted by molar-refractivity contribution is 9.10. The number of ether oxygens (including phenoxy) is 1. The van der Waals surface area contributed by atoms with E-state index in [1.54, 1.807) is 12.1 Å². The number of fused-ring (bicyclic) bond motifs is 1. The van der Waals surface area contributed by atoms with Gasteiger partial charge in [0.25, 0.3) is 0 Å². The van der Waals surface area contributed by atoms with Gasteiger partial charge in [0.2, 0.25) is 0 Å². The van der Waals surface area contributed by atoms with Gasteiger partial charge in [-0.3, -0.25) is 0 Å². The Morgan fingerprint density at radius 2 is 2.43 bits per heavy atom. The van der Waals surface area contributed by atoms with Crippen LogP contribution < -0.4 is 10.1 Å². The minimum atomic E-state index is -0.904. The molecule has 1 atom stereocenters. The van der Waals surface area contributed by atoms with Crippen molar-refractivity contribution >= 4 is 27.6 Å². The lowest BCUT2D eigenvalue weighted by atomic mass is 10.2.